The molecule has 0 bridgehead atoms. The number of nitrogens with zero attached hydrogens (tertiary/aromatic N) is 1. The minimum atomic E-state index is -1.05. The minimum absolute atomic E-state index is 0.0901. The number of hydrogen-bond donors (Lipinski definition) is 3. The number of anilines is 1. The Hall–Kier alpha value is -2.33. The fraction of sp³-hybridized carbons (Fsp3) is 0.417. The lowest BCUT2D eigenvalue weighted by molar-refractivity contribution is -0.139. The summed E-state index contributed by atoms with van der Waals surface area (Å²) >= 11 is 0. The van der Waals surface area contributed by atoms with Gasteiger partial charge in [-0.3, -0.25) is 20.2 Å². The van der Waals surface area contributed by atoms with Gasteiger partial charge in [0.15, 0.2) is 0 Å². The third-order valence-electron chi connectivity index (χ3n) is 2.69. The Morgan fingerprint density at radius 1 is 1.47 bits per heavy atom. The number of hydrogen-bond acceptors (Lipinski definition) is 5. The van der Waals surface area contributed by atoms with E-state index < -0.39 is 17.9 Å². The molecule has 3 N–H and O–H groups in total. The van der Waals surface area contributed by atoms with Crippen molar-refractivity contribution in [3.8, 4) is 6.07 Å². The van der Waals surface area contributed by atoms with Gasteiger partial charge in [-0.05, 0) is 20.8 Å². The van der Waals surface area contributed by atoms with Crippen LogP contribution in [0.2, 0.25) is 0 Å². The van der Waals surface area contributed by atoms with Gasteiger partial charge in [-0.15, -0.1) is 0 Å². The van der Waals surface area contributed by atoms with Crippen LogP contribution in [0.5, 0.6) is 0 Å². The molecule has 0 aliphatic carbocycles. The summed E-state index contributed by atoms with van der Waals surface area (Å²) in [6.07, 6.45) is 0. The summed E-state index contributed by atoms with van der Waals surface area (Å²) in [7, 11) is 0. The monoisotopic (exact) mass is 265 g/mol. The van der Waals surface area contributed by atoms with Crippen LogP contribution in [0, 0.1) is 25.2 Å². The highest BCUT2D eigenvalue weighted by molar-refractivity contribution is 5.92. The van der Waals surface area contributed by atoms with E-state index in [1.54, 1.807) is 13.8 Å². The van der Waals surface area contributed by atoms with Gasteiger partial charge in [-0.2, -0.15) is 5.26 Å². The van der Waals surface area contributed by atoms with Gasteiger partial charge in [0.05, 0.1) is 6.54 Å². The second-order valence-electron chi connectivity index (χ2n) is 4.09. The van der Waals surface area contributed by atoms with E-state index in [2.05, 4.69) is 10.6 Å². The average Bonchev–Trinajstić information content (AvgIpc) is 2.61. The zero-order chi connectivity index (χ0) is 14.6. The highest BCUT2D eigenvalue weighted by atomic mass is 16.4. The van der Waals surface area contributed by atoms with E-state index in [4.69, 9.17) is 14.8 Å². The first-order valence-electron chi connectivity index (χ1n) is 5.63. The van der Waals surface area contributed by atoms with Crippen molar-refractivity contribution in [2.75, 3.05) is 11.9 Å². The predicted molar refractivity (Wildman–Crippen MR) is 66.6 cm³/mol. The molecule has 1 aromatic heterocycles. The fourth-order valence-corrected chi connectivity index (χ4v) is 1.35. The number of nitrogens with one attached hydrogen (secondary N) is 2. The quantitative estimate of drug-likeness (QED) is 0.724. The standard InChI is InChI=1S/C12H15N3O4/c1-6-8(3)19-11(9(6)4-13)15-10(16)5-14-7(2)12(17)18/h7,14H,5H2,1-3H3,(H,15,16)(H,17,18)/t7-/m0/s1. The lowest BCUT2D eigenvalue weighted by Crippen LogP contribution is -2.39. The van der Waals surface area contributed by atoms with Crippen molar-refractivity contribution in [3.05, 3.63) is 16.9 Å². The van der Waals surface area contributed by atoms with Crippen molar-refractivity contribution in [1.29, 1.82) is 5.26 Å². The maximum Gasteiger partial charge on any atom is 0.320 e. The van der Waals surface area contributed by atoms with E-state index in [-0.39, 0.29) is 18.0 Å². The van der Waals surface area contributed by atoms with E-state index >= 15 is 0 Å². The number of carboxylic acid groups (broad SMARTS) is 1. The summed E-state index contributed by atoms with van der Waals surface area (Å²) in [5, 5.41) is 22.6. The summed E-state index contributed by atoms with van der Waals surface area (Å²) in [5.41, 5.74) is 0.946. The van der Waals surface area contributed by atoms with Gasteiger partial charge in [0.25, 0.3) is 0 Å². The molecular formula is C12H15N3O4. The number of amides is 1. The van der Waals surface area contributed by atoms with Gasteiger partial charge in [0.2, 0.25) is 11.8 Å². The Morgan fingerprint density at radius 3 is 2.63 bits per heavy atom. The Bertz CT molecular complexity index is 542. The van der Waals surface area contributed by atoms with Gasteiger partial charge in [0, 0.05) is 5.56 Å². The third kappa shape index (κ3) is 3.56. The number of aryl methyl sites for hydroxylation is 1. The number of aliphatic carboxylic acids is 1. The fourth-order valence-electron chi connectivity index (χ4n) is 1.35. The first-order chi connectivity index (χ1) is 8.86. The molecule has 0 spiro atoms. The Balaban J connectivity index is 2.66. The van der Waals surface area contributed by atoms with Crippen LogP contribution in [0.25, 0.3) is 0 Å². The molecule has 0 aromatic carbocycles. The number of carbonyl (C=O) groups excluding carboxylic acids is 1. The molecule has 19 heavy (non-hydrogen) atoms. The van der Waals surface area contributed by atoms with Gasteiger partial charge >= 0.3 is 5.97 Å². The van der Waals surface area contributed by atoms with Gasteiger partial charge in [-0.25, -0.2) is 0 Å². The molecule has 7 heteroatoms. The lowest BCUT2D eigenvalue weighted by atomic mass is 10.2. The van der Waals surface area contributed by atoms with Crippen LogP contribution in [-0.2, 0) is 9.59 Å². The van der Waals surface area contributed by atoms with Crippen molar-refractivity contribution < 1.29 is 19.1 Å². The Labute approximate surface area is 110 Å². The largest absolute Gasteiger partial charge is 0.480 e. The molecule has 0 unspecified atom stereocenters. The molecule has 0 aliphatic rings. The molecule has 0 radical (unpaired) electrons. The first-order valence-corrected chi connectivity index (χ1v) is 5.63. The predicted octanol–water partition coefficient (Wildman–Crippen LogP) is 0.769. The maximum atomic E-state index is 11.6. The molecule has 1 rings (SSSR count). The molecule has 1 amide bonds. The van der Waals surface area contributed by atoms with E-state index in [1.165, 1.54) is 6.92 Å². The van der Waals surface area contributed by atoms with E-state index in [9.17, 15) is 9.59 Å². The van der Waals surface area contributed by atoms with Crippen molar-refractivity contribution in [2.24, 2.45) is 0 Å². The topological polar surface area (TPSA) is 115 Å². The van der Waals surface area contributed by atoms with Crippen LogP contribution >= 0.6 is 0 Å². The highest BCUT2D eigenvalue weighted by Crippen LogP contribution is 2.24. The van der Waals surface area contributed by atoms with Crippen LogP contribution in [0.3, 0.4) is 0 Å². The highest BCUT2D eigenvalue weighted by Gasteiger charge is 2.17. The van der Waals surface area contributed by atoms with Gasteiger partial charge < -0.3 is 9.52 Å². The summed E-state index contributed by atoms with van der Waals surface area (Å²) < 4.78 is 5.26. The van der Waals surface area contributed by atoms with E-state index in [1.807, 2.05) is 6.07 Å². The average molecular weight is 265 g/mol. The van der Waals surface area contributed by atoms with Crippen LogP contribution in [-0.4, -0.2) is 29.6 Å². The molecule has 1 aromatic rings. The number of rotatable bonds is 5. The molecule has 1 atom stereocenters. The number of carboxylic acids is 1. The summed E-state index contributed by atoms with van der Waals surface area (Å²) in [5.74, 6) is -0.875. The third-order valence-corrected chi connectivity index (χ3v) is 2.69. The van der Waals surface area contributed by atoms with Crippen LogP contribution in [0.15, 0.2) is 4.42 Å². The summed E-state index contributed by atoms with van der Waals surface area (Å²) in [4.78, 5) is 22.2. The zero-order valence-corrected chi connectivity index (χ0v) is 10.9. The number of carbonyl (C=O) groups is 2. The SMILES string of the molecule is Cc1oc(NC(=O)CN[C@@H](C)C(=O)O)c(C#N)c1C. The second kappa shape index (κ2) is 6.02. The van der Waals surface area contributed by atoms with Crippen LogP contribution < -0.4 is 10.6 Å². The summed E-state index contributed by atoms with van der Waals surface area (Å²) in [6.45, 7) is 4.66. The number of furan rings is 1. The Morgan fingerprint density at radius 2 is 2.11 bits per heavy atom. The van der Waals surface area contributed by atoms with Crippen LogP contribution in [0.4, 0.5) is 5.88 Å². The van der Waals surface area contributed by atoms with E-state index in [0.717, 1.165) is 0 Å². The van der Waals surface area contributed by atoms with Crippen molar-refractivity contribution >= 4 is 17.8 Å². The molecular weight excluding hydrogens is 250 g/mol. The zero-order valence-electron chi connectivity index (χ0n) is 10.9. The van der Waals surface area contributed by atoms with Crippen molar-refractivity contribution in [2.45, 2.75) is 26.8 Å². The van der Waals surface area contributed by atoms with Crippen LogP contribution in [0.1, 0.15) is 23.8 Å². The Kier molecular flexibility index (Phi) is 4.67. The number of nitriles is 1. The van der Waals surface area contributed by atoms with Gasteiger partial charge in [0.1, 0.15) is 23.4 Å². The molecule has 0 saturated heterocycles. The second-order valence-corrected chi connectivity index (χ2v) is 4.09. The molecule has 0 saturated carbocycles. The molecule has 7 nitrogen and oxygen atoms in total. The minimum Gasteiger partial charge on any atom is -0.480 e. The van der Waals surface area contributed by atoms with E-state index in [0.29, 0.717) is 11.3 Å². The summed E-state index contributed by atoms with van der Waals surface area (Å²) in [6, 6.07) is 1.12. The molecule has 102 valence electrons. The van der Waals surface area contributed by atoms with Gasteiger partial charge in [-0.1, -0.05) is 0 Å². The first kappa shape index (κ1) is 14.7. The molecule has 0 fully saturated rings. The normalized spacial score (nSPS) is 11.7. The lowest BCUT2D eigenvalue weighted by Gasteiger charge is -2.08. The molecule has 0 aliphatic heterocycles. The molecule has 1 heterocycles. The maximum absolute atomic E-state index is 11.6. The van der Waals surface area contributed by atoms with Crippen molar-refractivity contribution in [1.82, 2.24) is 5.32 Å². The smallest absolute Gasteiger partial charge is 0.320 e. The van der Waals surface area contributed by atoms with Crippen molar-refractivity contribution in [3.63, 3.8) is 0 Å².